The second-order valence-electron chi connectivity index (χ2n) is 2.99. The highest BCUT2D eigenvalue weighted by molar-refractivity contribution is 5.91. The Morgan fingerprint density at radius 2 is 2.20 bits per heavy atom. The Labute approximate surface area is 86.8 Å². The van der Waals surface area contributed by atoms with E-state index in [9.17, 15) is 9.18 Å². The van der Waals surface area contributed by atoms with Crippen LogP contribution in [0.4, 0.5) is 4.39 Å². The number of hydrogen-bond donors (Lipinski definition) is 1. The van der Waals surface area contributed by atoms with Gasteiger partial charge in [0.05, 0.1) is 12.7 Å². The van der Waals surface area contributed by atoms with E-state index in [0.717, 1.165) is 0 Å². The van der Waals surface area contributed by atoms with Crippen molar-refractivity contribution in [3.05, 3.63) is 35.2 Å². The van der Waals surface area contributed by atoms with Crippen molar-refractivity contribution in [3.63, 3.8) is 0 Å². The molecule has 0 saturated carbocycles. The van der Waals surface area contributed by atoms with Crippen molar-refractivity contribution < 1.29 is 19.0 Å². The molecule has 0 aromatic heterocycles. The van der Waals surface area contributed by atoms with Crippen LogP contribution in [0.25, 0.3) is 6.08 Å². The van der Waals surface area contributed by atoms with Gasteiger partial charge < -0.3 is 9.84 Å². The number of hydrogen-bond acceptors (Lipinski definition) is 2. The number of methoxy groups -OCH3 is 1. The van der Waals surface area contributed by atoms with E-state index < -0.39 is 11.8 Å². The molecule has 1 aromatic carbocycles. The fourth-order valence-electron chi connectivity index (χ4n) is 1.11. The summed E-state index contributed by atoms with van der Waals surface area (Å²) in [6.45, 7) is 1.40. The molecule has 0 amide bonds. The minimum Gasteiger partial charge on any atom is -0.496 e. The molecule has 0 saturated heterocycles. The lowest BCUT2D eigenvalue weighted by Gasteiger charge is -2.05. The molecule has 15 heavy (non-hydrogen) atoms. The quantitative estimate of drug-likeness (QED) is 0.779. The van der Waals surface area contributed by atoms with E-state index in [1.807, 2.05) is 0 Å². The smallest absolute Gasteiger partial charge is 0.331 e. The molecule has 1 aromatic rings. The van der Waals surface area contributed by atoms with Crippen LogP contribution >= 0.6 is 0 Å². The SMILES string of the molecule is COc1cccc(F)c1/C=C(\C)C(=O)O. The third kappa shape index (κ3) is 2.56. The average Bonchev–Trinajstić information content (AvgIpc) is 2.20. The molecule has 0 bridgehead atoms. The summed E-state index contributed by atoms with van der Waals surface area (Å²) < 4.78 is 18.3. The summed E-state index contributed by atoms with van der Waals surface area (Å²) in [5.41, 5.74) is 0.207. The minimum absolute atomic E-state index is 0.0541. The van der Waals surface area contributed by atoms with Crippen molar-refractivity contribution in [2.75, 3.05) is 7.11 Å². The Hall–Kier alpha value is -1.84. The molecule has 0 aliphatic heterocycles. The summed E-state index contributed by atoms with van der Waals surface area (Å²) >= 11 is 0. The third-order valence-corrected chi connectivity index (χ3v) is 1.93. The molecule has 0 radical (unpaired) electrons. The van der Waals surface area contributed by atoms with Gasteiger partial charge in [-0.3, -0.25) is 0 Å². The van der Waals surface area contributed by atoms with E-state index in [1.165, 1.54) is 32.2 Å². The highest BCUT2D eigenvalue weighted by Gasteiger charge is 2.08. The summed E-state index contributed by atoms with van der Waals surface area (Å²) in [7, 11) is 1.40. The first kappa shape index (κ1) is 11.2. The Kier molecular flexibility index (Phi) is 3.44. The van der Waals surface area contributed by atoms with Gasteiger partial charge in [-0.15, -0.1) is 0 Å². The lowest BCUT2D eigenvalue weighted by molar-refractivity contribution is -0.132. The number of benzene rings is 1. The first-order chi connectivity index (χ1) is 7.06. The number of halogens is 1. The van der Waals surface area contributed by atoms with Crippen LogP contribution in [0.15, 0.2) is 23.8 Å². The molecule has 4 heteroatoms. The average molecular weight is 210 g/mol. The monoisotopic (exact) mass is 210 g/mol. The highest BCUT2D eigenvalue weighted by atomic mass is 19.1. The van der Waals surface area contributed by atoms with Crippen molar-refractivity contribution in [2.24, 2.45) is 0 Å². The zero-order valence-corrected chi connectivity index (χ0v) is 8.45. The molecule has 0 heterocycles. The number of ether oxygens (including phenoxy) is 1. The summed E-state index contributed by atoms with van der Waals surface area (Å²) in [6, 6.07) is 4.33. The number of aliphatic carboxylic acids is 1. The van der Waals surface area contributed by atoms with Crippen LogP contribution in [-0.4, -0.2) is 18.2 Å². The third-order valence-electron chi connectivity index (χ3n) is 1.93. The van der Waals surface area contributed by atoms with Gasteiger partial charge >= 0.3 is 5.97 Å². The van der Waals surface area contributed by atoms with Crippen LogP contribution in [0, 0.1) is 5.82 Å². The van der Waals surface area contributed by atoms with E-state index in [-0.39, 0.29) is 11.1 Å². The van der Waals surface area contributed by atoms with E-state index in [4.69, 9.17) is 9.84 Å². The molecule has 1 N–H and O–H groups in total. The van der Waals surface area contributed by atoms with E-state index >= 15 is 0 Å². The first-order valence-corrected chi connectivity index (χ1v) is 4.30. The lowest BCUT2D eigenvalue weighted by Crippen LogP contribution is -1.97. The molecular formula is C11H11FO3. The first-order valence-electron chi connectivity index (χ1n) is 4.30. The summed E-state index contributed by atoms with van der Waals surface area (Å²) in [4.78, 5) is 10.6. The molecule has 1 rings (SSSR count). The fourth-order valence-corrected chi connectivity index (χ4v) is 1.11. The lowest BCUT2D eigenvalue weighted by atomic mass is 10.1. The standard InChI is InChI=1S/C11H11FO3/c1-7(11(13)14)6-8-9(12)4-3-5-10(8)15-2/h3-6H,1-2H3,(H,13,14)/b7-6+. The van der Waals surface area contributed by atoms with Gasteiger partial charge in [0.15, 0.2) is 0 Å². The number of carboxylic acids is 1. The topological polar surface area (TPSA) is 46.5 Å². The maximum absolute atomic E-state index is 13.3. The summed E-state index contributed by atoms with van der Waals surface area (Å²) in [5, 5.41) is 8.67. The molecule has 3 nitrogen and oxygen atoms in total. The van der Waals surface area contributed by atoms with Gasteiger partial charge in [0.2, 0.25) is 0 Å². The van der Waals surface area contributed by atoms with E-state index in [2.05, 4.69) is 0 Å². The Bertz CT molecular complexity index is 410. The molecule has 0 spiro atoms. The van der Waals surface area contributed by atoms with Crippen molar-refractivity contribution in [1.29, 1.82) is 0 Å². The number of rotatable bonds is 3. The summed E-state index contributed by atoms with van der Waals surface area (Å²) in [5.74, 6) is -1.27. The van der Waals surface area contributed by atoms with Gasteiger partial charge in [-0.2, -0.15) is 0 Å². The highest BCUT2D eigenvalue weighted by Crippen LogP contribution is 2.23. The molecule has 0 atom stereocenters. The van der Waals surface area contributed by atoms with Gasteiger partial charge in [-0.05, 0) is 25.1 Å². The van der Waals surface area contributed by atoms with Crippen LogP contribution in [0.2, 0.25) is 0 Å². The van der Waals surface area contributed by atoms with Gasteiger partial charge in [0.25, 0.3) is 0 Å². The van der Waals surface area contributed by atoms with Crippen molar-refractivity contribution in [2.45, 2.75) is 6.92 Å². The molecule has 0 fully saturated rings. The second kappa shape index (κ2) is 4.59. The van der Waals surface area contributed by atoms with Crippen LogP contribution in [0.5, 0.6) is 5.75 Å². The minimum atomic E-state index is -1.08. The predicted molar refractivity (Wildman–Crippen MR) is 54.2 cm³/mol. The van der Waals surface area contributed by atoms with Gasteiger partial charge in [0.1, 0.15) is 11.6 Å². The Morgan fingerprint density at radius 3 is 2.73 bits per heavy atom. The Balaban J connectivity index is 3.24. The molecule has 0 aliphatic carbocycles. The van der Waals surface area contributed by atoms with Crippen molar-refractivity contribution in [1.82, 2.24) is 0 Å². The predicted octanol–water partition coefficient (Wildman–Crippen LogP) is 2.32. The van der Waals surface area contributed by atoms with Crippen LogP contribution in [0.3, 0.4) is 0 Å². The molecular weight excluding hydrogens is 199 g/mol. The molecule has 0 unspecified atom stereocenters. The largest absolute Gasteiger partial charge is 0.496 e. The van der Waals surface area contributed by atoms with E-state index in [1.54, 1.807) is 6.07 Å². The van der Waals surface area contributed by atoms with Crippen LogP contribution in [-0.2, 0) is 4.79 Å². The van der Waals surface area contributed by atoms with Gasteiger partial charge in [-0.1, -0.05) is 6.07 Å². The van der Waals surface area contributed by atoms with Crippen LogP contribution in [0.1, 0.15) is 12.5 Å². The zero-order valence-electron chi connectivity index (χ0n) is 8.45. The number of carboxylic acid groups (broad SMARTS) is 1. The van der Waals surface area contributed by atoms with E-state index in [0.29, 0.717) is 5.75 Å². The molecule has 80 valence electrons. The maximum Gasteiger partial charge on any atom is 0.331 e. The zero-order chi connectivity index (χ0) is 11.4. The fraction of sp³-hybridized carbons (Fsp3) is 0.182. The molecule has 0 aliphatic rings. The number of carbonyl (C=O) groups is 1. The van der Waals surface area contributed by atoms with Gasteiger partial charge in [-0.25, -0.2) is 9.18 Å². The normalized spacial score (nSPS) is 11.3. The second-order valence-corrected chi connectivity index (χ2v) is 2.99. The summed E-state index contributed by atoms with van der Waals surface area (Å²) in [6.07, 6.45) is 1.25. The van der Waals surface area contributed by atoms with Crippen molar-refractivity contribution in [3.8, 4) is 5.75 Å². The van der Waals surface area contributed by atoms with Crippen LogP contribution < -0.4 is 4.74 Å². The Morgan fingerprint density at radius 1 is 1.53 bits per heavy atom. The maximum atomic E-state index is 13.3. The van der Waals surface area contributed by atoms with Crippen molar-refractivity contribution >= 4 is 12.0 Å². The van der Waals surface area contributed by atoms with Gasteiger partial charge in [0, 0.05) is 5.57 Å².